The lowest BCUT2D eigenvalue weighted by Crippen LogP contribution is -2.18. The highest BCUT2D eigenvalue weighted by molar-refractivity contribution is 4.73. The first-order valence-corrected chi connectivity index (χ1v) is 6.39. The molecule has 1 fully saturated rings. The van der Waals surface area contributed by atoms with Crippen LogP contribution in [0.4, 0.5) is 0 Å². The Balaban J connectivity index is -0.000000245. The Kier molecular flexibility index (Phi) is 21.2. The van der Waals surface area contributed by atoms with Gasteiger partial charge in [0.25, 0.3) is 0 Å². The maximum atomic E-state index is 4.00. The number of rotatable bonds is 1. The summed E-state index contributed by atoms with van der Waals surface area (Å²) < 4.78 is 0. The lowest BCUT2D eigenvalue weighted by Gasteiger charge is -2.30. The van der Waals surface area contributed by atoms with E-state index in [2.05, 4.69) is 46.5 Å². The second-order valence-electron chi connectivity index (χ2n) is 4.19. The van der Waals surface area contributed by atoms with E-state index < -0.39 is 0 Å². The molecule has 0 heterocycles. The maximum Gasteiger partial charge on any atom is -0.0412 e. The lowest BCUT2D eigenvalue weighted by atomic mass is 9.76. The van der Waals surface area contributed by atoms with E-state index in [-0.39, 0.29) is 0 Å². The molecule has 0 radical (unpaired) electrons. The Bertz CT molecular complexity index is 136. The van der Waals surface area contributed by atoms with Crippen LogP contribution < -0.4 is 0 Å². The molecule has 0 saturated heterocycles. The van der Waals surface area contributed by atoms with Crippen molar-refractivity contribution >= 4 is 0 Å². The third-order valence-corrected chi connectivity index (χ3v) is 2.85. The quantitative estimate of drug-likeness (QED) is 0.548. The molecule has 0 aliphatic heterocycles. The minimum atomic E-state index is 0.994. The van der Waals surface area contributed by atoms with Crippen LogP contribution in [0.5, 0.6) is 0 Å². The second-order valence-corrected chi connectivity index (χ2v) is 4.19. The Morgan fingerprint density at radius 2 is 1.12 bits per heavy atom. The fourth-order valence-electron chi connectivity index (χ4n) is 2.45. The third-order valence-electron chi connectivity index (χ3n) is 2.85. The molecule has 3 atom stereocenters. The average Bonchev–Trinajstić information content (AvgIpc) is 2.35. The van der Waals surface area contributed by atoms with Gasteiger partial charge in [0.1, 0.15) is 0 Å². The molecule has 1 aliphatic rings. The van der Waals surface area contributed by atoms with Gasteiger partial charge in [0.05, 0.1) is 0 Å². The summed E-state index contributed by atoms with van der Waals surface area (Å²) in [7, 11) is 0. The van der Waals surface area contributed by atoms with Gasteiger partial charge in [-0.05, 0) is 37.0 Å². The van der Waals surface area contributed by atoms with Crippen LogP contribution >= 0.6 is 0 Å². The standard InChI is InChI=1S/C10H20.C2H6.2C2H2/c1-4-10-6-8(2)5-9(3)7-10;3*1-2/h8-10H,4-7H2,1-3H3;1-2H3;2*1-2H/t8-,9+,10?;;;. The SMILES string of the molecule is C#C.C#C.CC.CCC1C[C@@H](C)C[C@@H](C)C1. The molecule has 94 valence electrons. The first kappa shape index (κ1) is 20.5. The van der Waals surface area contributed by atoms with E-state index in [9.17, 15) is 0 Å². The number of hydrogen-bond acceptors (Lipinski definition) is 0. The molecule has 1 unspecified atom stereocenters. The molecule has 0 heteroatoms. The summed E-state index contributed by atoms with van der Waals surface area (Å²) in [6.07, 6.45) is 21.8. The van der Waals surface area contributed by atoms with E-state index in [1.807, 2.05) is 13.8 Å². The first-order valence-electron chi connectivity index (χ1n) is 6.39. The zero-order valence-corrected chi connectivity index (χ0v) is 11.9. The molecular weight excluding hydrogens is 192 g/mol. The molecule has 0 aromatic rings. The van der Waals surface area contributed by atoms with E-state index in [1.165, 1.54) is 25.7 Å². The van der Waals surface area contributed by atoms with Crippen LogP contribution in [0, 0.1) is 43.4 Å². The minimum absolute atomic E-state index is 0.994. The van der Waals surface area contributed by atoms with Crippen molar-refractivity contribution in [1.82, 2.24) is 0 Å². The Morgan fingerprint density at radius 1 is 0.812 bits per heavy atom. The Hall–Kier alpha value is -0.880. The van der Waals surface area contributed by atoms with Crippen molar-refractivity contribution < 1.29 is 0 Å². The lowest BCUT2D eigenvalue weighted by molar-refractivity contribution is 0.215. The topological polar surface area (TPSA) is 0 Å². The molecule has 0 amide bonds. The van der Waals surface area contributed by atoms with Gasteiger partial charge < -0.3 is 0 Å². The van der Waals surface area contributed by atoms with Crippen molar-refractivity contribution in [3.63, 3.8) is 0 Å². The largest absolute Gasteiger partial charge is 0.124 e. The van der Waals surface area contributed by atoms with Gasteiger partial charge in [0.15, 0.2) is 0 Å². The smallest absolute Gasteiger partial charge is 0.0412 e. The summed E-state index contributed by atoms with van der Waals surface area (Å²) in [6.45, 7) is 11.1. The molecule has 0 spiro atoms. The molecule has 0 nitrogen and oxygen atoms in total. The van der Waals surface area contributed by atoms with Crippen LogP contribution in [0.1, 0.15) is 60.3 Å². The van der Waals surface area contributed by atoms with Crippen molar-refractivity contribution in [3.8, 4) is 25.7 Å². The highest BCUT2D eigenvalue weighted by atomic mass is 14.3. The van der Waals surface area contributed by atoms with Crippen LogP contribution in [-0.4, -0.2) is 0 Å². The first-order chi connectivity index (χ1) is 7.72. The molecule has 1 rings (SSSR count). The highest BCUT2D eigenvalue weighted by Gasteiger charge is 2.21. The van der Waals surface area contributed by atoms with Crippen molar-refractivity contribution in [3.05, 3.63) is 0 Å². The van der Waals surface area contributed by atoms with Gasteiger partial charge in [-0.3, -0.25) is 0 Å². The molecule has 1 saturated carbocycles. The molecule has 0 aromatic carbocycles. The van der Waals surface area contributed by atoms with E-state index in [0.29, 0.717) is 0 Å². The van der Waals surface area contributed by atoms with Gasteiger partial charge in [-0.25, -0.2) is 0 Å². The molecule has 1 aliphatic carbocycles. The fraction of sp³-hybridized carbons (Fsp3) is 0.750. The zero-order valence-electron chi connectivity index (χ0n) is 11.9. The van der Waals surface area contributed by atoms with E-state index in [4.69, 9.17) is 0 Å². The molecule has 16 heavy (non-hydrogen) atoms. The summed E-state index contributed by atoms with van der Waals surface area (Å²) in [5.74, 6) is 3.03. The third kappa shape index (κ3) is 11.2. The van der Waals surface area contributed by atoms with E-state index in [1.54, 1.807) is 0 Å². The Labute approximate surface area is 104 Å². The van der Waals surface area contributed by atoms with Crippen LogP contribution in [0.3, 0.4) is 0 Å². The summed E-state index contributed by atoms with van der Waals surface area (Å²) in [4.78, 5) is 0. The van der Waals surface area contributed by atoms with Gasteiger partial charge in [-0.1, -0.05) is 41.0 Å². The highest BCUT2D eigenvalue weighted by Crippen LogP contribution is 2.34. The predicted molar refractivity (Wildman–Crippen MR) is 77.1 cm³/mol. The van der Waals surface area contributed by atoms with E-state index >= 15 is 0 Å². The normalized spacial score (nSPS) is 26.7. The van der Waals surface area contributed by atoms with Gasteiger partial charge >= 0.3 is 0 Å². The van der Waals surface area contributed by atoms with Crippen LogP contribution in [0.2, 0.25) is 0 Å². The summed E-state index contributed by atoms with van der Waals surface area (Å²) in [5, 5.41) is 0. The van der Waals surface area contributed by atoms with E-state index in [0.717, 1.165) is 17.8 Å². The fourth-order valence-corrected chi connectivity index (χ4v) is 2.45. The van der Waals surface area contributed by atoms with Crippen LogP contribution in [0.25, 0.3) is 0 Å². The number of hydrogen-bond donors (Lipinski definition) is 0. The van der Waals surface area contributed by atoms with Crippen molar-refractivity contribution in [2.24, 2.45) is 17.8 Å². The monoisotopic (exact) mass is 222 g/mol. The summed E-state index contributed by atoms with van der Waals surface area (Å²) >= 11 is 0. The number of terminal acetylenes is 2. The van der Waals surface area contributed by atoms with Crippen molar-refractivity contribution in [1.29, 1.82) is 0 Å². The van der Waals surface area contributed by atoms with Gasteiger partial charge in [0.2, 0.25) is 0 Å². The predicted octanol–water partition coefficient (Wildman–Crippen LogP) is 4.99. The van der Waals surface area contributed by atoms with Gasteiger partial charge in [-0.15, -0.1) is 25.7 Å². The van der Waals surface area contributed by atoms with Gasteiger partial charge in [-0.2, -0.15) is 0 Å². The summed E-state index contributed by atoms with van der Waals surface area (Å²) in [6, 6.07) is 0. The second kappa shape index (κ2) is 16.5. The van der Waals surface area contributed by atoms with Gasteiger partial charge in [0, 0.05) is 0 Å². The molecular formula is C16H30. The minimum Gasteiger partial charge on any atom is -0.124 e. The van der Waals surface area contributed by atoms with Crippen LogP contribution in [-0.2, 0) is 0 Å². The zero-order chi connectivity index (χ0) is 13.6. The molecule has 0 N–H and O–H groups in total. The average molecular weight is 222 g/mol. The maximum absolute atomic E-state index is 4.00. The van der Waals surface area contributed by atoms with Crippen molar-refractivity contribution in [2.45, 2.75) is 60.3 Å². The summed E-state index contributed by atoms with van der Waals surface area (Å²) in [5.41, 5.74) is 0. The Morgan fingerprint density at radius 3 is 1.38 bits per heavy atom. The van der Waals surface area contributed by atoms with Crippen LogP contribution in [0.15, 0.2) is 0 Å². The molecule has 0 bridgehead atoms. The van der Waals surface area contributed by atoms with Crippen molar-refractivity contribution in [2.75, 3.05) is 0 Å². The molecule has 0 aromatic heterocycles.